The molecule has 0 amide bonds. The number of hydrogen-bond acceptors (Lipinski definition) is 4. The molecule has 0 aromatic carbocycles. The van der Waals surface area contributed by atoms with E-state index in [2.05, 4.69) is 15.8 Å². The maximum absolute atomic E-state index is 11.1. The van der Waals surface area contributed by atoms with Crippen LogP contribution in [0.25, 0.3) is 0 Å². The van der Waals surface area contributed by atoms with E-state index in [1.54, 1.807) is 6.20 Å². The standard InChI is InChI=1S/C13H17N3O2/c17-13(18)8-4-5-10-9(7-8)12(16-15-10)11-3-1-2-6-14-11/h1-3,6,8-10,12,15-16H,4-5,7H2,(H,17,18). The number of pyridine rings is 1. The molecule has 0 bridgehead atoms. The molecule has 18 heavy (non-hydrogen) atoms. The molecule has 5 heteroatoms. The topological polar surface area (TPSA) is 74.2 Å². The van der Waals surface area contributed by atoms with Crippen LogP contribution in [-0.2, 0) is 4.79 Å². The van der Waals surface area contributed by atoms with Crippen molar-refractivity contribution in [2.75, 3.05) is 0 Å². The van der Waals surface area contributed by atoms with Crippen LogP contribution in [0.1, 0.15) is 31.0 Å². The van der Waals surface area contributed by atoms with E-state index in [-0.39, 0.29) is 12.0 Å². The molecule has 1 aliphatic heterocycles. The number of nitrogens with one attached hydrogen (secondary N) is 2. The molecule has 2 heterocycles. The van der Waals surface area contributed by atoms with Gasteiger partial charge >= 0.3 is 5.97 Å². The number of carboxylic acids is 1. The summed E-state index contributed by atoms with van der Waals surface area (Å²) >= 11 is 0. The number of fused-ring (bicyclic) bond motifs is 1. The van der Waals surface area contributed by atoms with Crippen LogP contribution in [0.2, 0.25) is 0 Å². The number of carboxylic acid groups (broad SMARTS) is 1. The van der Waals surface area contributed by atoms with Crippen molar-refractivity contribution in [3.63, 3.8) is 0 Å². The molecular weight excluding hydrogens is 230 g/mol. The zero-order valence-corrected chi connectivity index (χ0v) is 10.0. The number of aromatic nitrogens is 1. The minimum Gasteiger partial charge on any atom is -0.481 e. The van der Waals surface area contributed by atoms with E-state index in [0.717, 1.165) is 25.0 Å². The summed E-state index contributed by atoms with van der Waals surface area (Å²) in [5.41, 5.74) is 7.54. The van der Waals surface area contributed by atoms with Gasteiger partial charge in [0.15, 0.2) is 0 Å². The van der Waals surface area contributed by atoms with E-state index in [4.69, 9.17) is 5.11 Å². The Bertz CT molecular complexity index is 437. The highest BCUT2D eigenvalue weighted by molar-refractivity contribution is 5.70. The van der Waals surface area contributed by atoms with Crippen molar-refractivity contribution in [1.82, 2.24) is 15.8 Å². The Hall–Kier alpha value is -1.46. The molecule has 5 nitrogen and oxygen atoms in total. The lowest BCUT2D eigenvalue weighted by Crippen LogP contribution is -2.36. The second-order valence-corrected chi connectivity index (χ2v) is 5.14. The molecule has 1 aromatic heterocycles. The molecule has 4 atom stereocenters. The van der Waals surface area contributed by atoms with E-state index in [1.807, 2.05) is 18.2 Å². The number of aliphatic carboxylic acids is 1. The first-order chi connectivity index (χ1) is 8.75. The average molecular weight is 247 g/mol. The lowest BCUT2D eigenvalue weighted by molar-refractivity contribution is -0.143. The van der Waals surface area contributed by atoms with E-state index in [9.17, 15) is 4.79 Å². The Labute approximate surface area is 106 Å². The molecular formula is C13H17N3O2. The van der Waals surface area contributed by atoms with E-state index < -0.39 is 5.97 Å². The van der Waals surface area contributed by atoms with Crippen LogP contribution in [0.15, 0.2) is 24.4 Å². The summed E-state index contributed by atoms with van der Waals surface area (Å²) in [4.78, 5) is 15.5. The summed E-state index contributed by atoms with van der Waals surface area (Å²) < 4.78 is 0. The van der Waals surface area contributed by atoms with Gasteiger partial charge in [-0.05, 0) is 37.3 Å². The summed E-state index contributed by atoms with van der Waals surface area (Å²) in [6, 6.07) is 6.34. The fourth-order valence-electron chi connectivity index (χ4n) is 3.13. The Balaban J connectivity index is 1.80. The Morgan fingerprint density at radius 3 is 2.94 bits per heavy atom. The molecule has 0 radical (unpaired) electrons. The number of nitrogens with zero attached hydrogens (tertiary/aromatic N) is 1. The normalized spacial score (nSPS) is 35.1. The molecule has 1 saturated carbocycles. The van der Waals surface area contributed by atoms with Crippen LogP contribution in [0.5, 0.6) is 0 Å². The smallest absolute Gasteiger partial charge is 0.306 e. The van der Waals surface area contributed by atoms with Crippen molar-refractivity contribution in [2.45, 2.75) is 31.3 Å². The van der Waals surface area contributed by atoms with Crippen molar-refractivity contribution in [3.8, 4) is 0 Å². The minimum absolute atomic E-state index is 0.123. The van der Waals surface area contributed by atoms with Gasteiger partial charge in [-0.25, -0.2) is 5.43 Å². The SMILES string of the molecule is O=C(O)C1CCC2NNC(c3ccccn3)C2C1. The van der Waals surface area contributed by atoms with E-state index in [0.29, 0.717) is 12.0 Å². The number of hydrazine groups is 1. The Kier molecular flexibility index (Phi) is 3.01. The van der Waals surface area contributed by atoms with E-state index in [1.165, 1.54) is 0 Å². The maximum Gasteiger partial charge on any atom is 0.306 e. The molecule has 1 saturated heterocycles. The Morgan fingerprint density at radius 1 is 1.33 bits per heavy atom. The fraction of sp³-hybridized carbons (Fsp3) is 0.538. The van der Waals surface area contributed by atoms with Crippen LogP contribution >= 0.6 is 0 Å². The van der Waals surface area contributed by atoms with Crippen molar-refractivity contribution < 1.29 is 9.90 Å². The first-order valence-electron chi connectivity index (χ1n) is 6.40. The predicted molar refractivity (Wildman–Crippen MR) is 65.5 cm³/mol. The summed E-state index contributed by atoms with van der Waals surface area (Å²) in [6.45, 7) is 0. The minimum atomic E-state index is -0.667. The van der Waals surface area contributed by atoms with Gasteiger partial charge in [0.05, 0.1) is 17.7 Å². The lowest BCUT2D eigenvalue weighted by Gasteiger charge is -2.30. The maximum atomic E-state index is 11.1. The van der Waals surface area contributed by atoms with E-state index >= 15 is 0 Å². The Morgan fingerprint density at radius 2 is 2.22 bits per heavy atom. The molecule has 2 aliphatic rings. The zero-order chi connectivity index (χ0) is 12.5. The third-order valence-corrected chi connectivity index (χ3v) is 4.11. The fourth-order valence-corrected chi connectivity index (χ4v) is 3.13. The van der Waals surface area contributed by atoms with Crippen LogP contribution < -0.4 is 10.9 Å². The van der Waals surface area contributed by atoms with Crippen LogP contribution in [0.3, 0.4) is 0 Å². The highest BCUT2D eigenvalue weighted by Crippen LogP contribution is 2.39. The van der Waals surface area contributed by atoms with Gasteiger partial charge in [0, 0.05) is 12.2 Å². The monoisotopic (exact) mass is 247 g/mol. The molecule has 2 fully saturated rings. The van der Waals surface area contributed by atoms with Crippen molar-refractivity contribution in [1.29, 1.82) is 0 Å². The number of hydrogen-bond donors (Lipinski definition) is 3. The lowest BCUT2D eigenvalue weighted by atomic mass is 9.75. The van der Waals surface area contributed by atoms with Crippen LogP contribution in [-0.4, -0.2) is 22.1 Å². The van der Waals surface area contributed by atoms with Crippen LogP contribution in [0.4, 0.5) is 0 Å². The summed E-state index contributed by atoms with van der Waals surface area (Å²) in [5.74, 6) is -0.561. The van der Waals surface area contributed by atoms with Gasteiger partial charge in [0.2, 0.25) is 0 Å². The molecule has 1 aromatic rings. The van der Waals surface area contributed by atoms with Gasteiger partial charge in [0.25, 0.3) is 0 Å². The highest BCUT2D eigenvalue weighted by Gasteiger charge is 2.43. The summed E-state index contributed by atoms with van der Waals surface area (Å²) in [5, 5.41) is 9.16. The van der Waals surface area contributed by atoms with Gasteiger partial charge in [0.1, 0.15) is 0 Å². The predicted octanol–water partition coefficient (Wildman–Crippen LogP) is 1.10. The molecule has 3 rings (SSSR count). The summed E-state index contributed by atoms with van der Waals surface area (Å²) in [6.07, 6.45) is 4.18. The molecule has 96 valence electrons. The van der Waals surface area contributed by atoms with Crippen molar-refractivity contribution in [2.24, 2.45) is 11.8 Å². The number of rotatable bonds is 2. The summed E-state index contributed by atoms with van der Waals surface area (Å²) in [7, 11) is 0. The highest BCUT2D eigenvalue weighted by atomic mass is 16.4. The third kappa shape index (κ3) is 2.00. The third-order valence-electron chi connectivity index (χ3n) is 4.11. The first kappa shape index (κ1) is 11.6. The molecule has 1 aliphatic carbocycles. The largest absolute Gasteiger partial charge is 0.481 e. The van der Waals surface area contributed by atoms with Gasteiger partial charge < -0.3 is 5.11 Å². The first-order valence-corrected chi connectivity index (χ1v) is 6.40. The quantitative estimate of drug-likeness (QED) is 0.729. The second kappa shape index (κ2) is 4.66. The van der Waals surface area contributed by atoms with Crippen LogP contribution in [0, 0.1) is 11.8 Å². The van der Waals surface area contributed by atoms with Crippen molar-refractivity contribution >= 4 is 5.97 Å². The number of carbonyl (C=O) groups is 1. The molecule has 3 N–H and O–H groups in total. The van der Waals surface area contributed by atoms with Crippen molar-refractivity contribution in [3.05, 3.63) is 30.1 Å². The van der Waals surface area contributed by atoms with Gasteiger partial charge in [-0.1, -0.05) is 6.07 Å². The second-order valence-electron chi connectivity index (χ2n) is 5.14. The van der Waals surface area contributed by atoms with Gasteiger partial charge in [-0.2, -0.15) is 0 Å². The molecule has 0 spiro atoms. The zero-order valence-electron chi connectivity index (χ0n) is 10.0. The molecule has 4 unspecified atom stereocenters. The van der Waals surface area contributed by atoms with Gasteiger partial charge in [-0.3, -0.25) is 15.2 Å². The average Bonchev–Trinajstić information content (AvgIpc) is 2.82. The van der Waals surface area contributed by atoms with Gasteiger partial charge in [-0.15, -0.1) is 0 Å².